The van der Waals surface area contributed by atoms with Gasteiger partial charge in [-0.3, -0.25) is 9.69 Å². The average Bonchev–Trinajstić information content (AvgIpc) is 3.03. The lowest BCUT2D eigenvalue weighted by molar-refractivity contribution is -0.136. The van der Waals surface area contributed by atoms with E-state index in [1.54, 1.807) is 0 Å². The molecular formula is C19H27Cl2F2N3O. The second kappa shape index (κ2) is 9.03. The first-order valence-corrected chi connectivity index (χ1v) is 9.28. The van der Waals surface area contributed by atoms with E-state index in [9.17, 15) is 13.6 Å². The third-order valence-electron chi connectivity index (χ3n) is 6.22. The molecule has 3 atom stereocenters. The van der Waals surface area contributed by atoms with E-state index in [0.717, 1.165) is 32.0 Å². The number of amides is 1. The van der Waals surface area contributed by atoms with Crippen LogP contribution in [0, 0.1) is 17.6 Å². The molecule has 1 aromatic rings. The van der Waals surface area contributed by atoms with Gasteiger partial charge in [-0.05, 0) is 62.5 Å². The summed E-state index contributed by atoms with van der Waals surface area (Å²) in [5.74, 6) is -0.486. The molecule has 0 unspecified atom stereocenters. The molecule has 1 aromatic carbocycles. The standard InChI is InChI=1S/C19H25F2N3O.2ClH/c20-14-8-13(9-15(21)10-14)16-11-24(17(25)2-1-5-22)18-12-3-6-23(7-4-12)19(16)18;;/h8-10,12,16,18-19H,1-7,11,22H2;2*1H/t16-,18-,19-;;/m1../s1. The predicted molar refractivity (Wildman–Crippen MR) is 105 cm³/mol. The third kappa shape index (κ3) is 4.09. The number of hydrogen-bond acceptors (Lipinski definition) is 3. The summed E-state index contributed by atoms with van der Waals surface area (Å²) in [5.41, 5.74) is 6.23. The van der Waals surface area contributed by atoms with Gasteiger partial charge in [-0.1, -0.05) is 0 Å². The van der Waals surface area contributed by atoms with Crippen LogP contribution in [0.25, 0.3) is 0 Å². The number of likely N-dealkylation sites (tertiary alicyclic amines) is 1. The maximum absolute atomic E-state index is 13.8. The van der Waals surface area contributed by atoms with Crippen LogP contribution in [0.3, 0.4) is 0 Å². The molecule has 0 radical (unpaired) electrons. The van der Waals surface area contributed by atoms with Crippen LogP contribution >= 0.6 is 24.8 Å². The fraction of sp³-hybridized carbons (Fsp3) is 0.632. The average molecular weight is 422 g/mol. The Labute approximate surface area is 171 Å². The lowest BCUT2D eigenvalue weighted by atomic mass is 9.75. The van der Waals surface area contributed by atoms with Crippen molar-refractivity contribution in [2.24, 2.45) is 11.7 Å². The van der Waals surface area contributed by atoms with E-state index in [-0.39, 0.29) is 48.7 Å². The number of carbonyl (C=O) groups is 1. The zero-order valence-corrected chi connectivity index (χ0v) is 16.8. The summed E-state index contributed by atoms with van der Waals surface area (Å²) in [7, 11) is 0. The van der Waals surface area contributed by atoms with Gasteiger partial charge < -0.3 is 10.6 Å². The minimum absolute atomic E-state index is 0. The van der Waals surface area contributed by atoms with Gasteiger partial charge in [0.05, 0.1) is 6.04 Å². The van der Waals surface area contributed by atoms with Crippen molar-refractivity contribution in [2.45, 2.75) is 43.7 Å². The molecule has 0 saturated carbocycles. The highest BCUT2D eigenvalue weighted by atomic mass is 35.5. The molecule has 4 aliphatic heterocycles. The maximum Gasteiger partial charge on any atom is 0.222 e. The van der Waals surface area contributed by atoms with Crippen LogP contribution in [-0.2, 0) is 4.79 Å². The Morgan fingerprint density at radius 2 is 1.70 bits per heavy atom. The number of nitrogens with zero attached hydrogens (tertiary/aromatic N) is 2. The van der Waals surface area contributed by atoms with Crippen LogP contribution in [0.5, 0.6) is 0 Å². The molecule has 4 saturated heterocycles. The molecule has 2 N–H and O–H groups in total. The van der Waals surface area contributed by atoms with Gasteiger partial charge in [0, 0.05) is 31.0 Å². The van der Waals surface area contributed by atoms with E-state index >= 15 is 0 Å². The van der Waals surface area contributed by atoms with Crippen LogP contribution in [0.15, 0.2) is 18.2 Å². The molecule has 0 aliphatic carbocycles. The van der Waals surface area contributed by atoms with Gasteiger partial charge in [0.2, 0.25) is 5.91 Å². The highest BCUT2D eigenvalue weighted by Crippen LogP contribution is 2.46. The Kier molecular flexibility index (Phi) is 7.47. The summed E-state index contributed by atoms with van der Waals surface area (Å²) in [6, 6.07) is 4.12. The van der Waals surface area contributed by atoms with Gasteiger partial charge in [-0.25, -0.2) is 8.78 Å². The van der Waals surface area contributed by atoms with Crippen LogP contribution in [0.1, 0.15) is 37.2 Å². The summed E-state index contributed by atoms with van der Waals surface area (Å²) >= 11 is 0. The van der Waals surface area contributed by atoms with Crippen molar-refractivity contribution in [3.8, 4) is 0 Å². The monoisotopic (exact) mass is 421 g/mol. The SMILES string of the molecule is Cl.Cl.NCCCC(=O)N1C[C@H](c2cc(F)cc(F)c2)[C@@H]2[C@H]1C1CCN2CC1. The quantitative estimate of drug-likeness (QED) is 0.812. The predicted octanol–water partition coefficient (Wildman–Crippen LogP) is 2.94. The number of rotatable bonds is 4. The Balaban J connectivity index is 0.00000131. The zero-order valence-electron chi connectivity index (χ0n) is 15.2. The van der Waals surface area contributed by atoms with Crippen molar-refractivity contribution in [1.29, 1.82) is 0 Å². The third-order valence-corrected chi connectivity index (χ3v) is 6.22. The van der Waals surface area contributed by atoms with E-state index in [1.165, 1.54) is 12.1 Å². The number of nitrogens with two attached hydrogens (primary N) is 1. The van der Waals surface area contributed by atoms with Gasteiger partial charge in [0.1, 0.15) is 11.6 Å². The summed E-state index contributed by atoms with van der Waals surface area (Å²) in [6.07, 6.45) is 3.34. The number of benzene rings is 1. The fourth-order valence-corrected chi connectivity index (χ4v) is 5.18. The minimum Gasteiger partial charge on any atom is -0.337 e. The van der Waals surface area contributed by atoms with Crippen molar-refractivity contribution in [3.63, 3.8) is 0 Å². The lowest BCUT2D eigenvalue weighted by Crippen LogP contribution is -2.60. The zero-order chi connectivity index (χ0) is 17.6. The molecule has 5 rings (SSSR count). The molecule has 1 amide bonds. The molecule has 27 heavy (non-hydrogen) atoms. The molecule has 4 fully saturated rings. The number of piperidine rings is 3. The summed E-state index contributed by atoms with van der Waals surface area (Å²) in [4.78, 5) is 17.2. The van der Waals surface area contributed by atoms with E-state index in [4.69, 9.17) is 5.73 Å². The van der Waals surface area contributed by atoms with Crippen molar-refractivity contribution >= 4 is 30.7 Å². The molecule has 4 heterocycles. The summed E-state index contributed by atoms with van der Waals surface area (Å²) < 4.78 is 27.5. The number of carbonyl (C=O) groups excluding carboxylic acids is 1. The van der Waals surface area contributed by atoms with Crippen LogP contribution < -0.4 is 5.73 Å². The molecule has 4 nitrogen and oxygen atoms in total. The van der Waals surface area contributed by atoms with Gasteiger partial charge >= 0.3 is 0 Å². The van der Waals surface area contributed by atoms with Gasteiger partial charge in [-0.2, -0.15) is 0 Å². The van der Waals surface area contributed by atoms with Crippen LogP contribution in [0.4, 0.5) is 8.78 Å². The van der Waals surface area contributed by atoms with Crippen LogP contribution in [0.2, 0.25) is 0 Å². The first kappa shape index (κ1) is 22.3. The second-order valence-corrected chi connectivity index (χ2v) is 7.60. The lowest BCUT2D eigenvalue weighted by Gasteiger charge is -2.51. The smallest absolute Gasteiger partial charge is 0.222 e. The van der Waals surface area contributed by atoms with E-state index in [2.05, 4.69) is 4.90 Å². The Hall–Kier alpha value is -0.950. The summed E-state index contributed by atoms with van der Waals surface area (Å²) in [5, 5.41) is 0. The van der Waals surface area contributed by atoms with E-state index < -0.39 is 11.6 Å². The first-order chi connectivity index (χ1) is 12.1. The molecular weight excluding hydrogens is 395 g/mol. The second-order valence-electron chi connectivity index (χ2n) is 7.60. The molecule has 8 heteroatoms. The molecule has 2 bridgehead atoms. The number of fused-ring (bicyclic) bond motifs is 2. The highest BCUT2D eigenvalue weighted by Gasteiger charge is 2.54. The van der Waals surface area contributed by atoms with Crippen molar-refractivity contribution < 1.29 is 13.6 Å². The van der Waals surface area contributed by atoms with Crippen molar-refractivity contribution in [1.82, 2.24) is 9.80 Å². The summed E-state index contributed by atoms with van der Waals surface area (Å²) in [6.45, 7) is 3.09. The Morgan fingerprint density at radius 3 is 2.30 bits per heavy atom. The molecule has 0 spiro atoms. The minimum atomic E-state index is -0.546. The first-order valence-electron chi connectivity index (χ1n) is 9.28. The Morgan fingerprint density at radius 1 is 1.07 bits per heavy atom. The Bertz CT molecular complexity index is 650. The van der Waals surface area contributed by atoms with Gasteiger partial charge in [0.25, 0.3) is 0 Å². The van der Waals surface area contributed by atoms with Gasteiger partial charge in [-0.15, -0.1) is 24.8 Å². The fourth-order valence-electron chi connectivity index (χ4n) is 5.18. The molecule has 152 valence electrons. The number of hydrogen-bond donors (Lipinski definition) is 1. The van der Waals surface area contributed by atoms with Crippen molar-refractivity contribution in [3.05, 3.63) is 35.4 Å². The topological polar surface area (TPSA) is 49.6 Å². The van der Waals surface area contributed by atoms with E-state index in [1.807, 2.05) is 4.90 Å². The largest absolute Gasteiger partial charge is 0.337 e. The van der Waals surface area contributed by atoms with Crippen LogP contribution in [-0.4, -0.2) is 54.0 Å². The number of halogens is 4. The molecule has 0 aromatic heterocycles. The highest BCUT2D eigenvalue weighted by molar-refractivity contribution is 5.85. The van der Waals surface area contributed by atoms with E-state index in [0.29, 0.717) is 37.4 Å². The maximum atomic E-state index is 13.8. The van der Waals surface area contributed by atoms with Gasteiger partial charge in [0.15, 0.2) is 0 Å². The van der Waals surface area contributed by atoms with Crippen molar-refractivity contribution in [2.75, 3.05) is 26.2 Å². The molecule has 4 aliphatic rings. The normalized spacial score (nSPS) is 31.1.